The van der Waals surface area contributed by atoms with E-state index in [9.17, 15) is 19.1 Å². The first-order chi connectivity index (χ1) is 19.2. The van der Waals surface area contributed by atoms with Gasteiger partial charge in [-0.25, -0.2) is 14.2 Å². The Morgan fingerprint density at radius 2 is 1.90 bits per heavy atom. The number of halogens is 1. The normalized spacial score (nSPS) is 18.0. The molecule has 2 heterocycles. The number of methoxy groups -OCH3 is 1. The minimum absolute atomic E-state index is 0.142. The van der Waals surface area contributed by atoms with Crippen LogP contribution in [0.1, 0.15) is 60.5 Å². The second kappa shape index (κ2) is 11.4. The van der Waals surface area contributed by atoms with Crippen molar-refractivity contribution in [3.05, 3.63) is 76.7 Å². The number of hydrogen-bond donors (Lipinski definition) is 1. The number of aryl methyl sites for hydroxylation is 1. The van der Waals surface area contributed by atoms with Crippen molar-refractivity contribution in [3.63, 3.8) is 0 Å². The Kier molecular flexibility index (Phi) is 7.90. The molecule has 1 unspecified atom stereocenters. The molecule has 0 radical (unpaired) electrons. The van der Waals surface area contributed by atoms with Crippen LogP contribution in [0.4, 0.5) is 4.39 Å². The van der Waals surface area contributed by atoms with Gasteiger partial charge < -0.3 is 19.5 Å². The molecule has 0 spiro atoms. The van der Waals surface area contributed by atoms with Gasteiger partial charge in [-0.15, -0.1) is 0 Å². The van der Waals surface area contributed by atoms with Gasteiger partial charge in [0, 0.05) is 24.1 Å². The number of nitrogens with zero attached hydrogens (tertiary/aromatic N) is 2. The molecule has 1 aliphatic carbocycles. The van der Waals surface area contributed by atoms with Gasteiger partial charge in [0.05, 0.1) is 13.3 Å². The van der Waals surface area contributed by atoms with Gasteiger partial charge in [-0.3, -0.25) is 4.79 Å². The first-order valence-electron chi connectivity index (χ1n) is 13.7. The number of aliphatic carboxylic acids is 1. The molecule has 3 aromatic rings. The Labute approximate surface area is 233 Å². The summed E-state index contributed by atoms with van der Waals surface area (Å²) in [5.41, 5.74) is 5.24. The van der Waals surface area contributed by atoms with E-state index in [2.05, 4.69) is 17.1 Å². The van der Waals surface area contributed by atoms with Crippen molar-refractivity contribution in [2.24, 2.45) is 11.8 Å². The Bertz CT molecular complexity index is 1430. The van der Waals surface area contributed by atoms with Crippen molar-refractivity contribution in [3.8, 4) is 22.8 Å². The zero-order valence-corrected chi connectivity index (χ0v) is 23.3. The summed E-state index contributed by atoms with van der Waals surface area (Å²) in [6.07, 6.45) is 4.61. The number of pyridine rings is 1. The third kappa shape index (κ3) is 5.72. The highest BCUT2D eigenvalue weighted by Crippen LogP contribution is 2.48. The fourth-order valence-electron chi connectivity index (χ4n) is 5.90. The van der Waals surface area contributed by atoms with E-state index in [-0.39, 0.29) is 12.0 Å². The van der Waals surface area contributed by atoms with E-state index >= 15 is 0 Å². The molecule has 0 bridgehead atoms. The lowest BCUT2D eigenvalue weighted by molar-refractivity contribution is -0.151. The maximum atomic E-state index is 14.8. The van der Waals surface area contributed by atoms with Crippen molar-refractivity contribution in [2.75, 3.05) is 21.2 Å². The van der Waals surface area contributed by atoms with Gasteiger partial charge in [0.15, 0.2) is 0 Å². The SMILES string of the molecule is COc1cc(-c2ccc(C3CCc4ccc([C@H](C5CC5)[C@H](C)C(=O)C(=O)O)cc4O3)cc2CN(C)C)c(F)cn1. The summed E-state index contributed by atoms with van der Waals surface area (Å²) >= 11 is 0. The molecule has 7 nitrogen and oxygen atoms in total. The number of ether oxygens (including phenoxy) is 2. The van der Waals surface area contributed by atoms with E-state index in [1.165, 1.54) is 13.3 Å². The Balaban J connectivity index is 1.45. The number of aromatic nitrogens is 1. The molecule has 0 saturated heterocycles. The molecule has 1 saturated carbocycles. The summed E-state index contributed by atoms with van der Waals surface area (Å²) in [4.78, 5) is 29.8. The number of carboxylic acid groups (broad SMARTS) is 1. The zero-order chi connectivity index (χ0) is 28.6. The number of hydrogen-bond acceptors (Lipinski definition) is 6. The van der Waals surface area contributed by atoms with Crippen LogP contribution in [-0.4, -0.2) is 47.9 Å². The predicted molar refractivity (Wildman–Crippen MR) is 149 cm³/mol. The molecule has 5 rings (SSSR count). The third-order valence-corrected chi connectivity index (χ3v) is 8.03. The van der Waals surface area contributed by atoms with Crippen LogP contribution in [0.2, 0.25) is 0 Å². The lowest BCUT2D eigenvalue weighted by atomic mass is 9.80. The smallest absolute Gasteiger partial charge is 0.372 e. The monoisotopic (exact) mass is 546 g/mol. The van der Waals surface area contributed by atoms with E-state index in [1.54, 1.807) is 13.0 Å². The van der Waals surface area contributed by atoms with E-state index in [0.29, 0.717) is 23.9 Å². The molecular formula is C32H35FN2O5. The number of rotatable bonds is 10. The lowest BCUT2D eigenvalue weighted by Crippen LogP contribution is -2.27. The van der Waals surface area contributed by atoms with Crippen molar-refractivity contribution in [1.29, 1.82) is 0 Å². The summed E-state index contributed by atoms with van der Waals surface area (Å²) in [5.74, 6) is -1.85. The van der Waals surface area contributed by atoms with Crippen LogP contribution < -0.4 is 9.47 Å². The van der Waals surface area contributed by atoms with Crippen LogP contribution >= 0.6 is 0 Å². The summed E-state index contributed by atoms with van der Waals surface area (Å²) in [6, 6.07) is 13.7. The molecule has 0 amide bonds. The number of fused-ring (bicyclic) bond motifs is 1. The summed E-state index contributed by atoms with van der Waals surface area (Å²) in [7, 11) is 5.46. The van der Waals surface area contributed by atoms with Crippen LogP contribution in [0, 0.1) is 17.7 Å². The van der Waals surface area contributed by atoms with Gasteiger partial charge in [-0.2, -0.15) is 0 Å². The number of benzene rings is 2. The van der Waals surface area contributed by atoms with Crippen molar-refractivity contribution in [1.82, 2.24) is 9.88 Å². The molecule has 40 heavy (non-hydrogen) atoms. The fourth-order valence-corrected chi connectivity index (χ4v) is 5.90. The van der Waals surface area contributed by atoms with Crippen LogP contribution in [0.15, 0.2) is 48.7 Å². The molecule has 3 atom stereocenters. The maximum Gasteiger partial charge on any atom is 0.372 e. The first-order valence-corrected chi connectivity index (χ1v) is 13.7. The first kappa shape index (κ1) is 27.8. The van der Waals surface area contributed by atoms with Crippen LogP contribution in [0.3, 0.4) is 0 Å². The Hall–Kier alpha value is -3.78. The second-order valence-electron chi connectivity index (χ2n) is 11.2. The number of carbonyl (C=O) groups is 2. The standard InChI is InChI=1S/C32H35FN2O5/c1-18(31(36)32(37)38)30(20-6-7-20)22-8-5-19-10-12-27(40-28(19)14-22)21-9-11-24(23(13-21)17-35(2)3)25-15-29(39-4)34-16-26(25)33/h5,8-9,11,13-16,18,20,27,30H,6-7,10,12,17H2,1-4H3,(H,37,38)/t18-,27?,30-/m0/s1. The van der Waals surface area contributed by atoms with Crippen molar-refractivity contribution < 1.29 is 28.6 Å². The molecule has 1 N–H and O–H groups in total. The molecule has 210 valence electrons. The van der Waals surface area contributed by atoms with Gasteiger partial charge in [0.2, 0.25) is 11.7 Å². The van der Waals surface area contributed by atoms with E-state index in [4.69, 9.17) is 9.47 Å². The fraction of sp³-hybridized carbons (Fsp3) is 0.406. The number of Topliss-reactive ketones (excluding diaryl/α,β-unsaturated/α-hetero) is 1. The lowest BCUT2D eigenvalue weighted by Gasteiger charge is -2.29. The van der Waals surface area contributed by atoms with Crippen molar-refractivity contribution >= 4 is 11.8 Å². The maximum absolute atomic E-state index is 14.8. The average Bonchev–Trinajstić information content (AvgIpc) is 3.77. The predicted octanol–water partition coefficient (Wildman–Crippen LogP) is 5.81. The minimum atomic E-state index is -1.38. The van der Waals surface area contributed by atoms with Crippen LogP contribution in [0.25, 0.3) is 11.1 Å². The molecule has 8 heteroatoms. The van der Waals surface area contributed by atoms with Gasteiger partial charge in [-0.05, 0) is 85.5 Å². The van der Waals surface area contributed by atoms with Crippen molar-refractivity contribution in [2.45, 2.75) is 51.2 Å². The summed E-state index contributed by atoms with van der Waals surface area (Å²) in [5, 5.41) is 9.31. The molecule has 2 aliphatic rings. The summed E-state index contributed by atoms with van der Waals surface area (Å²) in [6.45, 7) is 2.33. The van der Waals surface area contributed by atoms with E-state index in [0.717, 1.165) is 59.3 Å². The van der Waals surface area contributed by atoms with Gasteiger partial charge in [-0.1, -0.05) is 37.3 Å². The van der Waals surface area contributed by atoms with Crippen LogP contribution in [-0.2, 0) is 22.6 Å². The molecular weight excluding hydrogens is 511 g/mol. The Morgan fingerprint density at radius 1 is 1.12 bits per heavy atom. The third-order valence-electron chi connectivity index (χ3n) is 8.03. The highest BCUT2D eigenvalue weighted by Gasteiger charge is 2.40. The largest absolute Gasteiger partial charge is 0.485 e. The number of carbonyl (C=O) groups excluding carboxylic acids is 1. The highest BCUT2D eigenvalue weighted by atomic mass is 19.1. The average molecular weight is 547 g/mol. The molecule has 1 fully saturated rings. The Morgan fingerprint density at radius 3 is 2.58 bits per heavy atom. The summed E-state index contributed by atoms with van der Waals surface area (Å²) < 4.78 is 26.6. The molecule has 2 aromatic carbocycles. The highest BCUT2D eigenvalue weighted by molar-refractivity contribution is 6.33. The van der Waals surface area contributed by atoms with Gasteiger partial charge >= 0.3 is 5.97 Å². The van der Waals surface area contributed by atoms with E-state index in [1.807, 2.05) is 43.3 Å². The minimum Gasteiger partial charge on any atom is -0.485 e. The molecule has 1 aromatic heterocycles. The van der Waals surface area contributed by atoms with Gasteiger partial charge in [0.25, 0.3) is 0 Å². The number of ketones is 1. The topological polar surface area (TPSA) is 89.0 Å². The zero-order valence-electron chi connectivity index (χ0n) is 23.3. The van der Waals surface area contributed by atoms with E-state index < -0.39 is 23.5 Å². The second-order valence-corrected chi connectivity index (χ2v) is 11.2. The van der Waals surface area contributed by atoms with Gasteiger partial charge in [0.1, 0.15) is 17.7 Å². The quantitative estimate of drug-likeness (QED) is 0.321. The van der Waals surface area contributed by atoms with Crippen LogP contribution in [0.5, 0.6) is 11.6 Å². The molecule has 1 aliphatic heterocycles. The number of carboxylic acids is 1.